The van der Waals surface area contributed by atoms with Crippen LogP contribution in [0.15, 0.2) is 48.6 Å². The van der Waals surface area contributed by atoms with E-state index in [9.17, 15) is 8.42 Å². The van der Waals surface area contributed by atoms with Gasteiger partial charge in [0.1, 0.15) is 0 Å². The van der Waals surface area contributed by atoms with Gasteiger partial charge in [-0.25, -0.2) is 0 Å². The highest BCUT2D eigenvalue weighted by Crippen LogP contribution is 2.19. The molecule has 0 radical (unpaired) electrons. The van der Waals surface area contributed by atoms with E-state index in [1.807, 2.05) is 19.0 Å². The van der Waals surface area contributed by atoms with Crippen LogP contribution >= 0.6 is 0 Å². The van der Waals surface area contributed by atoms with E-state index in [1.54, 1.807) is 0 Å². The lowest BCUT2D eigenvalue weighted by Gasteiger charge is -2.18. The van der Waals surface area contributed by atoms with Gasteiger partial charge in [0.15, 0.2) is 0 Å². The van der Waals surface area contributed by atoms with Gasteiger partial charge in [-0.2, -0.15) is 8.42 Å². The summed E-state index contributed by atoms with van der Waals surface area (Å²) in [5.74, 6) is 0.120. The van der Waals surface area contributed by atoms with Crippen LogP contribution in [0.4, 0.5) is 0 Å². The Kier molecular flexibility index (Phi) is 35.2. The summed E-state index contributed by atoms with van der Waals surface area (Å²) in [4.78, 5) is 2.03. The van der Waals surface area contributed by atoms with Gasteiger partial charge in [-0.1, -0.05) is 152 Å². The smallest absolute Gasteiger partial charge is 0.267 e. The van der Waals surface area contributed by atoms with Crippen molar-refractivity contribution in [3.05, 3.63) is 48.6 Å². The van der Waals surface area contributed by atoms with Gasteiger partial charge in [0.05, 0.1) is 11.9 Å². The molecule has 0 N–H and O–H groups in total. The van der Waals surface area contributed by atoms with E-state index < -0.39 is 10.1 Å². The van der Waals surface area contributed by atoms with Gasteiger partial charge in [-0.15, -0.1) is 0 Å². The third kappa shape index (κ3) is 37.5. The van der Waals surface area contributed by atoms with Crippen LogP contribution in [0, 0.1) is 0 Å². The Bertz CT molecular complexity index is 811. The van der Waals surface area contributed by atoms with Crippen LogP contribution in [0.1, 0.15) is 187 Å². The summed E-state index contributed by atoms with van der Waals surface area (Å²) < 4.78 is 31.2. The van der Waals surface area contributed by atoms with Crippen LogP contribution in [-0.4, -0.2) is 45.8 Å². The minimum Gasteiger partial charge on any atom is -0.309 e. The van der Waals surface area contributed by atoms with Gasteiger partial charge in [0.2, 0.25) is 0 Å². The van der Waals surface area contributed by atoms with E-state index in [4.69, 9.17) is 4.18 Å². The molecule has 0 amide bonds. The summed E-state index contributed by atoms with van der Waals surface area (Å²) in [7, 11) is 0.491. The maximum absolute atomic E-state index is 12.7. The molecular formula is C42H79NO3S. The lowest BCUT2D eigenvalue weighted by atomic mass is 10.0. The molecule has 5 heteroatoms. The fraction of sp³-hybridized carbons (Fsp3) is 0.810. The number of unbranched alkanes of at least 4 members (excludes halogenated alkanes) is 18. The molecular weight excluding hydrogens is 599 g/mol. The van der Waals surface area contributed by atoms with Crippen molar-refractivity contribution in [3.8, 4) is 0 Å². The lowest BCUT2D eigenvalue weighted by molar-refractivity contribution is 0.179. The number of allylic oxidation sites excluding steroid dienone is 8. The molecule has 0 unspecified atom stereocenters. The van der Waals surface area contributed by atoms with E-state index >= 15 is 0 Å². The van der Waals surface area contributed by atoms with Crippen LogP contribution < -0.4 is 0 Å². The quantitative estimate of drug-likeness (QED) is 0.0376. The second kappa shape index (κ2) is 36.1. The summed E-state index contributed by atoms with van der Waals surface area (Å²) in [5.41, 5.74) is 0. The van der Waals surface area contributed by atoms with Crippen molar-refractivity contribution >= 4 is 10.1 Å². The predicted octanol–water partition coefficient (Wildman–Crippen LogP) is 13.1. The first-order valence-electron chi connectivity index (χ1n) is 20.1. The third-order valence-corrected chi connectivity index (χ3v) is 10.1. The average molecular weight is 678 g/mol. The van der Waals surface area contributed by atoms with E-state index in [2.05, 4.69) is 62.5 Å². The lowest BCUT2D eigenvalue weighted by Crippen LogP contribution is -2.23. The van der Waals surface area contributed by atoms with Gasteiger partial charge in [-0.05, 0) is 104 Å². The molecule has 0 atom stereocenters. The van der Waals surface area contributed by atoms with Gasteiger partial charge in [0, 0.05) is 0 Å². The summed E-state index contributed by atoms with van der Waals surface area (Å²) in [6.45, 7) is 5.27. The molecule has 0 bridgehead atoms. The average Bonchev–Trinajstić information content (AvgIpc) is 3.03. The van der Waals surface area contributed by atoms with Crippen molar-refractivity contribution in [2.45, 2.75) is 193 Å². The van der Waals surface area contributed by atoms with Crippen molar-refractivity contribution in [2.75, 3.05) is 26.4 Å². The van der Waals surface area contributed by atoms with E-state index in [1.165, 1.54) is 128 Å². The summed E-state index contributed by atoms with van der Waals surface area (Å²) in [6, 6.07) is 0. The first kappa shape index (κ1) is 45.8. The van der Waals surface area contributed by atoms with Crippen LogP contribution in [0.3, 0.4) is 0 Å². The molecule has 0 aromatic rings. The standard InChI is InChI=1S/C42H79NO3S/c1-5-7-9-11-13-15-17-19-21-23-25-27-29-31-33-35-38-42(46-47(44,45)41-37-40-43(3)4)39-36-34-32-30-28-26-24-22-20-18-16-14-12-10-8-6-2/h13-16,19-22,42H,5-12,17-18,23-41H2,1-4H3. The molecule has 0 rings (SSSR count). The number of hydrogen-bond donors (Lipinski definition) is 0. The topological polar surface area (TPSA) is 46.6 Å². The number of nitrogens with zero attached hydrogens (tertiary/aromatic N) is 1. The summed E-state index contributed by atoms with van der Waals surface area (Å²) >= 11 is 0. The fourth-order valence-electron chi connectivity index (χ4n) is 5.77. The Morgan fingerprint density at radius 3 is 1.23 bits per heavy atom. The first-order valence-corrected chi connectivity index (χ1v) is 21.6. The SMILES string of the molecule is CCCCCC=CCC=CCCCCCCCCC(CCCCCCCCC=CCC=CCCCCC)OS(=O)(=O)CCCN(C)C. The van der Waals surface area contributed by atoms with Crippen molar-refractivity contribution in [1.29, 1.82) is 0 Å². The van der Waals surface area contributed by atoms with Gasteiger partial charge < -0.3 is 4.90 Å². The molecule has 0 spiro atoms. The second-order valence-corrected chi connectivity index (χ2v) is 15.6. The van der Waals surface area contributed by atoms with Crippen molar-refractivity contribution in [2.24, 2.45) is 0 Å². The highest BCUT2D eigenvalue weighted by atomic mass is 32.2. The number of rotatable bonds is 36. The monoisotopic (exact) mass is 678 g/mol. The minimum atomic E-state index is -3.47. The van der Waals surface area contributed by atoms with E-state index in [-0.39, 0.29) is 11.9 Å². The maximum atomic E-state index is 12.7. The minimum absolute atomic E-state index is 0.120. The molecule has 0 fully saturated rings. The van der Waals surface area contributed by atoms with Crippen LogP contribution in [-0.2, 0) is 14.3 Å². The third-order valence-electron chi connectivity index (χ3n) is 8.74. The molecule has 0 aliphatic carbocycles. The molecule has 0 aliphatic rings. The molecule has 0 aromatic heterocycles. The normalized spacial score (nSPS) is 13.5. The van der Waals surface area contributed by atoms with E-state index in [0.29, 0.717) is 6.42 Å². The van der Waals surface area contributed by atoms with Gasteiger partial charge in [0.25, 0.3) is 10.1 Å². The Labute approximate surface area is 295 Å². The van der Waals surface area contributed by atoms with Crippen LogP contribution in [0.5, 0.6) is 0 Å². The zero-order chi connectivity index (χ0) is 34.5. The van der Waals surface area contributed by atoms with Crippen molar-refractivity contribution in [1.82, 2.24) is 4.90 Å². The molecule has 0 aromatic carbocycles. The molecule has 0 aliphatic heterocycles. The molecule has 0 saturated carbocycles. The first-order chi connectivity index (χ1) is 22.9. The highest BCUT2D eigenvalue weighted by molar-refractivity contribution is 7.86. The molecule has 0 saturated heterocycles. The van der Waals surface area contributed by atoms with Crippen LogP contribution in [0.2, 0.25) is 0 Å². The zero-order valence-electron chi connectivity index (χ0n) is 31.8. The van der Waals surface area contributed by atoms with E-state index in [0.717, 1.165) is 45.1 Å². The molecule has 276 valence electrons. The fourth-order valence-corrected chi connectivity index (χ4v) is 6.96. The maximum Gasteiger partial charge on any atom is 0.267 e. The highest BCUT2D eigenvalue weighted by Gasteiger charge is 2.19. The Hall–Kier alpha value is -1.17. The molecule has 0 heterocycles. The Morgan fingerprint density at radius 1 is 0.489 bits per heavy atom. The zero-order valence-corrected chi connectivity index (χ0v) is 32.6. The molecule has 4 nitrogen and oxygen atoms in total. The Morgan fingerprint density at radius 2 is 0.851 bits per heavy atom. The Balaban J connectivity index is 4.15. The largest absolute Gasteiger partial charge is 0.309 e. The van der Waals surface area contributed by atoms with Gasteiger partial charge >= 0.3 is 0 Å². The van der Waals surface area contributed by atoms with Crippen molar-refractivity contribution in [3.63, 3.8) is 0 Å². The van der Waals surface area contributed by atoms with Crippen molar-refractivity contribution < 1.29 is 12.6 Å². The van der Waals surface area contributed by atoms with Gasteiger partial charge in [-0.3, -0.25) is 4.18 Å². The summed E-state index contributed by atoms with van der Waals surface area (Å²) in [5, 5.41) is 0. The predicted molar refractivity (Wildman–Crippen MR) is 210 cm³/mol. The second-order valence-electron chi connectivity index (χ2n) is 13.9. The molecule has 47 heavy (non-hydrogen) atoms. The number of hydrogen-bond acceptors (Lipinski definition) is 4. The van der Waals surface area contributed by atoms with Crippen LogP contribution in [0.25, 0.3) is 0 Å². The summed E-state index contributed by atoms with van der Waals surface area (Å²) in [6.07, 6.45) is 50.1.